The fraction of sp³-hybridized carbons (Fsp3) is 0.243. The molecule has 4 rings (SSSR count). The number of ether oxygens (including phenoxy) is 3. The lowest BCUT2D eigenvalue weighted by molar-refractivity contribution is -0.143. The standard InChI is InChI=1S/C20H20Cl3NO4.C17H15Cl2NO4/c1-27-20(26)17(24-19(25)18-15(22)4-2-5-16(18)23)12-13-6-8-14(9-7-13)28-11-3-10-21;1-24-17(23)14(9-10-5-7-11(21)8-6-10)20-16(22)15-12(18)3-2-4-13(15)19/h2,4-9,17H,3,10-12H2,1H3,(H,24,25);2-8,14,21H,9H2,1H3,(H,20,22)/t17-;14-/m00/s1. The van der Waals surface area contributed by atoms with Crippen LogP contribution >= 0.6 is 58.0 Å². The van der Waals surface area contributed by atoms with Crippen molar-refractivity contribution in [3.63, 3.8) is 0 Å². The van der Waals surface area contributed by atoms with Gasteiger partial charge >= 0.3 is 11.9 Å². The number of aromatic hydroxyl groups is 1. The molecule has 0 radical (unpaired) electrons. The highest BCUT2D eigenvalue weighted by Gasteiger charge is 2.26. The van der Waals surface area contributed by atoms with Gasteiger partial charge in [-0.05, 0) is 66.1 Å². The van der Waals surface area contributed by atoms with Crippen LogP contribution in [0.3, 0.4) is 0 Å². The second kappa shape index (κ2) is 21.4. The first-order valence-corrected chi connectivity index (χ1v) is 17.6. The minimum Gasteiger partial charge on any atom is -0.508 e. The zero-order valence-corrected chi connectivity index (χ0v) is 31.7. The van der Waals surface area contributed by atoms with Gasteiger partial charge in [0.05, 0.1) is 52.0 Å². The zero-order chi connectivity index (χ0) is 38.2. The SMILES string of the molecule is COC(=O)[C@H](Cc1ccc(O)cc1)NC(=O)c1c(Cl)cccc1Cl.COC(=O)[C@H](Cc1ccc(OCCCCl)cc1)NC(=O)c1c(Cl)cccc1Cl. The summed E-state index contributed by atoms with van der Waals surface area (Å²) in [4.78, 5) is 49.1. The van der Waals surface area contributed by atoms with E-state index in [4.69, 9.17) is 72.2 Å². The summed E-state index contributed by atoms with van der Waals surface area (Å²) < 4.78 is 15.1. The van der Waals surface area contributed by atoms with E-state index < -0.39 is 35.8 Å². The monoisotopic (exact) mass is 810 g/mol. The summed E-state index contributed by atoms with van der Waals surface area (Å²) in [6, 6.07) is 21.2. The van der Waals surface area contributed by atoms with E-state index in [0.717, 1.165) is 17.5 Å². The van der Waals surface area contributed by atoms with Crippen LogP contribution in [0.2, 0.25) is 20.1 Å². The molecule has 0 spiro atoms. The number of halogens is 5. The highest BCUT2D eigenvalue weighted by atomic mass is 35.5. The molecule has 0 fully saturated rings. The first-order chi connectivity index (χ1) is 24.9. The van der Waals surface area contributed by atoms with Gasteiger partial charge in [-0.15, -0.1) is 11.6 Å². The molecule has 0 heterocycles. The number of carbonyl (C=O) groups is 4. The molecule has 0 aliphatic rings. The number of rotatable bonds is 14. The Balaban J connectivity index is 0.000000284. The van der Waals surface area contributed by atoms with Crippen molar-refractivity contribution in [3.8, 4) is 11.5 Å². The number of amides is 2. The number of hydrogen-bond donors (Lipinski definition) is 3. The molecule has 4 aromatic rings. The number of alkyl halides is 1. The van der Waals surface area contributed by atoms with Crippen molar-refractivity contribution in [2.75, 3.05) is 26.7 Å². The fourth-order valence-electron chi connectivity index (χ4n) is 4.63. The summed E-state index contributed by atoms with van der Waals surface area (Å²) >= 11 is 29.8. The highest BCUT2D eigenvalue weighted by molar-refractivity contribution is 6.40. The summed E-state index contributed by atoms with van der Waals surface area (Å²) in [5, 5.41) is 15.3. The Kier molecular flexibility index (Phi) is 17.3. The van der Waals surface area contributed by atoms with Gasteiger partial charge < -0.3 is 30.0 Å². The number of phenols is 1. The van der Waals surface area contributed by atoms with Crippen molar-refractivity contribution in [2.45, 2.75) is 31.3 Å². The predicted octanol–water partition coefficient (Wildman–Crippen LogP) is 7.73. The third-order valence-corrected chi connectivity index (χ3v) is 8.77. The van der Waals surface area contributed by atoms with Crippen molar-refractivity contribution in [1.82, 2.24) is 10.6 Å². The molecule has 15 heteroatoms. The van der Waals surface area contributed by atoms with E-state index in [-0.39, 0.29) is 49.8 Å². The van der Waals surface area contributed by atoms with Crippen LogP contribution in [0.15, 0.2) is 84.9 Å². The van der Waals surface area contributed by atoms with Gasteiger partial charge in [-0.25, -0.2) is 9.59 Å². The van der Waals surface area contributed by atoms with E-state index in [1.165, 1.54) is 38.5 Å². The molecule has 52 heavy (non-hydrogen) atoms. The van der Waals surface area contributed by atoms with Crippen LogP contribution in [0.25, 0.3) is 0 Å². The Hall–Kier alpha value is -4.19. The molecule has 0 bridgehead atoms. The average Bonchev–Trinajstić information content (AvgIpc) is 3.12. The number of hydrogen-bond acceptors (Lipinski definition) is 8. The maximum absolute atomic E-state index is 12.6. The van der Waals surface area contributed by atoms with E-state index in [2.05, 4.69) is 10.6 Å². The highest BCUT2D eigenvalue weighted by Crippen LogP contribution is 2.26. The van der Waals surface area contributed by atoms with Gasteiger partial charge in [0, 0.05) is 18.7 Å². The lowest BCUT2D eigenvalue weighted by atomic mass is 10.0. The van der Waals surface area contributed by atoms with Crippen LogP contribution in [0.5, 0.6) is 11.5 Å². The lowest BCUT2D eigenvalue weighted by Gasteiger charge is -2.18. The predicted molar refractivity (Wildman–Crippen MR) is 202 cm³/mol. The molecule has 2 amide bonds. The zero-order valence-electron chi connectivity index (χ0n) is 28.0. The number of esters is 2. The van der Waals surface area contributed by atoms with Crippen LogP contribution < -0.4 is 15.4 Å². The smallest absolute Gasteiger partial charge is 0.328 e. The lowest BCUT2D eigenvalue weighted by Crippen LogP contribution is -2.43. The third-order valence-electron chi connectivity index (χ3n) is 7.25. The summed E-state index contributed by atoms with van der Waals surface area (Å²) in [5.41, 5.74) is 1.78. The first-order valence-electron chi connectivity index (χ1n) is 15.6. The molecule has 276 valence electrons. The summed E-state index contributed by atoms with van der Waals surface area (Å²) in [7, 11) is 2.50. The second-order valence-electron chi connectivity index (χ2n) is 10.9. The fourth-order valence-corrected chi connectivity index (χ4v) is 5.88. The largest absolute Gasteiger partial charge is 0.508 e. The molecule has 2 atom stereocenters. The van der Waals surface area contributed by atoms with Gasteiger partial charge in [-0.1, -0.05) is 82.8 Å². The number of phenolic OH excluding ortho intramolecular Hbond substituents is 1. The van der Waals surface area contributed by atoms with Crippen molar-refractivity contribution < 1.29 is 38.5 Å². The van der Waals surface area contributed by atoms with Gasteiger partial charge in [0.1, 0.15) is 23.6 Å². The Morgan fingerprint density at radius 1 is 0.635 bits per heavy atom. The molecule has 0 aromatic heterocycles. The maximum Gasteiger partial charge on any atom is 0.328 e. The summed E-state index contributed by atoms with van der Waals surface area (Å²) in [6.07, 6.45) is 1.19. The summed E-state index contributed by atoms with van der Waals surface area (Å²) in [6.45, 7) is 0.530. The van der Waals surface area contributed by atoms with Crippen molar-refractivity contribution in [1.29, 1.82) is 0 Å². The maximum atomic E-state index is 12.6. The van der Waals surface area contributed by atoms with Crippen LogP contribution in [0, 0.1) is 0 Å². The molecule has 0 saturated carbocycles. The van der Waals surface area contributed by atoms with Crippen LogP contribution in [0.4, 0.5) is 0 Å². The van der Waals surface area contributed by atoms with E-state index >= 15 is 0 Å². The Morgan fingerprint density at radius 3 is 1.38 bits per heavy atom. The van der Waals surface area contributed by atoms with Gasteiger partial charge in [0.25, 0.3) is 11.8 Å². The van der Waals surface area contributed by atoms with Crippen LogP contribution in [-0.2, 0) is 31.9 Å². The molecular weight excluding hydrogens is 778 g/mol. The van der Waals surface area contributed by atoms with E-state index in [1.54, 1.807) is 48.5 Å². The van der Waals surface area contributed by atoms with E-state index in [0.29, 0.717) is 18.2 Å². The van der Waals surface area contributed by atoms with Crippen LogP contribution in [0.1, 0.15) is 38.3 Å². The topological polar surface area (TPSA) is 140 Å². The molecule has 0 aliphatic carbocycles. The average molecular weight is 813 g/mol. The molecule has 10 nitrogen and oxygen atoms in total. The molecule has 0 saturated heterocycles. The first kappa shape index (κ1) is 42.2. The normalized spacial score (nSPS) is 11.6. The third kappa shape index (κ3) is 12.8. The number of methoxy groups -OCH3 is 2. The number of carbonyl (C=O) groups excluding carboxylic acids is 4. The van der Waals surface area contributed by atoms with Crippen molar-refractivity contribution in [2.24, 2.45) is 0 Å². The van der Waals surface area contributed by atoms with Gasteiger partial charge in [-0.2, -0.15) is 0 Å². The van der Waals surface area contributed by atoms with E-state index in [9.17, 15) is 24.3 Å². The number of nitrogens with one attached hydrogen (secondary N) is 2. The Labute approximate surface area is 326 Å². The van der Waals surface area contributed by atoms with Gasteiger partial charge in [0.2, 0.25) is 0 Å². The molecule has 3 N–H and O–H groups in total. The van der Waals surface area contributed by atoms with Crippen LogP contribution in [-0.4, -0.2) is 67.6 Å². The minimum absolute atomic E-state index is 0.0976. The van der Waals surface area contributed by atoms with Crippen molar-refractivity contribution >= 4 is 81.8 Å². The number of benzene rings is 4. The molecule has 0 aliphatic heterocycles. The summed E-state index contributed by atoms with van der Waals surface area (Å²) in [5.74, 6) is -0.936. The second-order valence-corrected chi connectivity index (χ2v) is 12.9. The van der Waals surface area contributed by atoms with E-state index in [1.807, 2.05) is 12.1 Å². The molecule has 4 aromatic carbocycles. The van der Waals surface area contributed by atoms with Gasteiger partial charge in [-0.3, -0.25) is 9.59 Å². The Bertz CT molecular complexity index is 1780. The quantitative estimate of drug-likeness (QED) is 0.0668. The van der Waals surface area contributed by atoms with Gasteiger partial charge in [0.15, 0.2) is 0 Å². The van der Waals surface area contributed by atoms with Crippen molar-refractivity contribution in [3.05, 3.63) is 127 Å². The molecule has 0 unspecified atom stereocenters. The Morgan fingerprint density at radius 2 is 1.02 bits per heavy atom. The molecular formula is C37H35Cl5N2O8. The minimum atomic E-state index is -0.917.